The van der Waals surface area contributed by atoms with E-state index in [9.17, 15) is 0 Å². The third-order valence-electron chi connectivity index (χ3n) is 9.82. The fourth-order valence-electron chi connectivity index (χ4n) is 7.65. The molecule has 3 aliphatic rings. The number of nitrogens with zero attached hydrogens (tertiary/aromatic N) is 3. The SMILES string of the molecule is CCCN(CC)C(CCNC(C)(C)C)(CCN1CCNCC1)CCN(C1CCCCC1)C1CCCCC1. The van der Waals surface area contributed by atoms with Gasteiger partial charge in [-0.15, -0.1) is 0 Å². The summed E-state index contributed by atoms with van der Waals surface area (Å²) in [5.74, 6) is 0. The summed E-state index contributed by atoms with van der Waals surface area (Å²) >= 11 is 0. The second-order valence-corrected chi connectivity index (χ2v) is 13.6. The lowest BCUT2D eigenvalue weighted by molar-refractivity contribution is 0.0180. The quantitative estimate of drug-likeness (QED) is 0.282. The molecule has 1 aliphatic heterocycles. The zero-order valence-corrected chi connectivity index (χ0v) is 25.8. The average Bonchev–Trinajstić information content (AvgIpc) is 2.91. The fraction of sp³-hybridized carbons (Fsp3) is 1.00. The molecule has 218 valence electrons. The lowest BCUT2D eigenvalue weighted by Gasteiger charge is -2.49. The van der Waals surface area contributed by atoms with E-state index in [-0.39, 0.29) is 11.1 Å². The molecule has 2 saturated carbocycles. The Kier molecular flexibility index (Phi) is 13.7. The maximum atomic E-state index is 3.89. The number of hydrogen-bond acceptors (Lipinski definition) is 5. The molecule has 5 nitrogen and oxygen atoms in total. The lowest BCUT2D eigenvalue weighted by Crippen LogP contribution is -2.56. The second-order valence-electron chi connectivity index (χ2n) is 13.6. The first kappa shape index (κ1) is 31.3. The molecular weight excluding hydrogens is 454 g/mol. The zero-order chi connectivity index (χ0) is 26.6. The summed E-state index contributed by atoms with van der Waals surface area (Å²) in [6, 6.07) is 1.69. The van der Waals surface area contributed by atoms with Crippen LogP contribution in [0.3, 0.4) is 0 Å². The summed E-state index contributed by atoms with van der Waals surface area (Å²) in [6.45, 7) is 22.6. The highest BCUT2D eigenvalue weighted by atomic mass is 15.2. The van der Waals surface area contributed by atoms with Gasteiger partial charge in [0.15, 0.2) is 0 Å². The van der Waals surface area contributed by atoms with Gasteiger partial charge in [0.1, 0.15) is 0 Å². The summed E-state index contributed by atoms with van der Waals surface area (Å²) in [7, 11) is 0. The van der Waals surface area contributed by atoms with E-state index < -0.39 is 0 Å². The summed E-state index contributed by atoms with van der Waals surface area (Å²) in [5.41, 5.74) is 0.470. The van der Waals surface area contributed by atoms with Crippen molar-refractivity contribution >= 4 is 0 Å². The standard InChI is InChI=1S/C32H65N5/c1-6-24-36(7-2)32(18-21-34-31(3,4)5,19-25-35-27-22-33-23-28-35)20-26-37(29-14-10-8-11-15-29)30-16-12-9-13-17-30/h29-30,33-34H,6-28H2,1-5H3. The Balaban J connectivity index is 1.81. The Bertz CT molecular complexity index is 568. The average molecular weight is 520 g/mol. The van der Waals surface area contributed by atoms with Crippen molar-refractivity contribution < 1.29 is 0 Å². The normalized spacial score (nSPS) is 23.1. The van der Waals surface area contributed by atoms with Gasteiger partial charge in [0.05, 0.1) is 0 Å². The van der Waals surface area contributed by atoms with Crippen LogP contribution in [0.1, 0.15) is 125 Å². The van der Waals surface area contributed by atoms with Crippen molar-refractivity contribution in [2.75, 3.05) is 58.9 Å². The fourth-order valence-corrected chi connectivity index (χ4v) is 7.65. The number of rotatable bonds is 15. The highest BCUT2D eigenvalue weighted by Crippen LogP contribution is 2.34. The largest absolute Gasteiger partial charge is 0.314 e. The van der Waals surface area contributed by atoms with Crippen LogP contribution in [0.15, 0.2) is 0 Å². The Hall–Kier alpha value is -0.200. The highest BCUT2D eigenvalue weighted by Gasteiger charge is 2.38. The first-order valence-corrected chi connectivity index (χ1v) is 16.6. The molecule has 0 aromatic heterocycles. The van der Waals surface area contributed by atoms with Crippen molar-refractivity contribution in [3.05, 3.63) is 0 Å². The molecule has 2 aliphatic carbocycles. The van der Waals surface area contributed by atoms with Crippen LogP contribution in [0, 0.1) is 0 Å². The number of hydrogen-bond donors (Lipinski definition) is 2. The maximum absolute atomic E-state index is 3.89. The third-order valence-corrected chi connectivity index (χ3v) is 9.82. The molecule has 37 heavy (non-hydrogen) atoms. The van der Waals surface area contributed by atoms with E-state index >= 15 is 0 Å². The van der Waals surface area contributed by atoms with Crippen molar-refractivity contribution in [3.63, 3.8) is 0 Å². The zero-order valence-electron chi connectivity index (χ0n) is 25.8. The minimum atomic E-state index is 0.183. The van der Waals surface area contributed by atoms with E-state index in [4.69, 9.17) is 0 Å². The summed E-state index contributed by atoms with van der Waals surface area (Å²) < 4.78 is 0. The Morgan fingerprint density at radius 3 is 1.89 bits per heavy atom. The van der Waals surface area contributed by atoms with Crippen LogP contribution in [0.5, 0.6) is 0 Å². The van der Waals surface area contributed by atoms with Crippen molar-refractivity contribution in [3.8, 4) is 0 Å². The van der Waals surface area contributed by atoms with Gasteiger partial charge in [-0.3, -0.25) is 9.80 Å². The first-order chi connectivity index (χ1) is 17.9. The number of piperazine rings is 1. The molecule has 2 N–H and O–H groups in total. The Morgan fingerprint density at radius 2 is 1.38 bits per heavy atom. The minimum absolute atomic E-state index is 0.183. The lowest BCUT2D eigenvalue weighted by atomic mass is 9.82. The van der Waals surface area contributed by atoms with Crippen LogP contribution < -0.4 is 10.6 Å². The molecule has 0 bridgehead atoms. The van der Waals surface area contributed by atoms with Gasteiger partial charge in [0.25, 0.3) is 0 Å². The molecule has 1 unspecified atom stereocenters. The van der Waals surface area contributed by atoms with Gasteiger partial charge >= 0.3 is 0 Å². The van der Waals surface area contributed by atoms with E-state index in [0.717, 1.165) is 31.7 Å². The van der Waals surface area contributed by atoms with Gasteiger partial charge in [-0.25, -0.2) is 0 Å². The van der Waals surface area contributed by atoms with Crippen LogP contribution in [-0.2, 0) is 0 Å². The number of nitrogens with one attached hydrogen (secondary N) is 2. The van der Waals surface area contributed by atoms with Crippen LogP contribution in [0.4, 0.5) is 0 Å². The molecule has 0 radical (unpaired) electrons. The Labute approximate surface area is 231 Å². The van der Waals surface area contributed by atoms with E-state index in [1.807, 2.05) is 0 Å². The van der Waals surface area contributed by atoms with Crippen LogP contribution >= 0.6 is 0 Å². The van der Waals surface area contributed by atoms with Crippen molar-refractivity contribution in [1.29, 1.82) is 0 Å². The van der Waals surface area contributed by atoms with Crippen molar-refractivity contribution in [2.24, 2.45) is 0 Å². The molecule has 0 spiro atoms. The second kappa shape index (κ2) is 16.2. The monoisotopic (exact) mass is 520 g/mol. The summed E-state index contributed by atoms with van der Waals surface area (Å²) in [4.78, 5) is 8.73. The van der Waals surface area contributed by atoms with Gasteiger partial charge in [-0.05, 0) is 91.8 Å². The molecule has 0 aromatic carbocycles. The topological polar surface area (TPSA) is 33.8 Å². The first-order valence-electron chi connectivity index (χ1n) is 16.6. The van der Waals surface area contributed by atoms with Gasteiger partial charge in [0, 0.05) is 62.4 Å². The minimum Gasteiger partial charge on any atom is -0.314 e. The van der Waals surface area contributed by atoms with Gasteiger partial charge < -0.3 is 15.5 Å². The predicted octanol–water partition coefficient (Wildman–Crippen LogP) is 5.89. The van der Waals surface area contributed by atoms with Crippen molar-refractivity contribution in [1.82, 2.24) is 25.3 Å². The van der Waals surface area contributed by atoms with E-state index in [1.165, 1.54) is 129 Å². The molecule has 1 atom stereocenters. The smallest absolute Gasteiger partial charge is 0.0245 e. The predicted molar refractivity (Wildman–Crippen MR) is 162 cm³/mol. The van der Waals surface area contributed by atoms with E-state index in [2.05, 4.69) is 60.0 Å². The molecule has 3 fully saturated rings. The molecular formula is C32H65N5. The molecule has 1 heterocycles. The third kappa shape index (κ3) is 10.4. The maximum Gasteiger partial charge on any atom is 0.0245 e. The highest BCUT2D eigenvalue weighted by molar-refractivity contribution is 4.95. The molecule has 0 amide bonds. The van der Waals surface area contributed by atoms with Crippen LogP contribution in [0.2, 0.25) is 0 Å². The van der Waals surface area contributed by atoms with Crippen LogP contribution in [-0.4, -0.2) is 96.8 Å². The molecule has 3 rings (SSSR count). The molecule has 1 saturated heterocycles. The molecule has 0 aromatic rings. The van der Waals surface area contributed by atoms with Crippen molar-refractivity contribution in [2.45, 2.75) is 148 Å². The Morgan fingerprint density at radius 1 is 0.784 bits per heavy atom. The van der Waals surface area contributed by atoms with Gasteiger partial charge in [-0.1, -0.05) is 52.4 Å². The van der Waals surface area contributed by atoms with E-state index in [1.54, 1.807) is 0 Å². The van der Waals surface area contributed by atoms with Crippen LogP contribution in [0.25, 0.3) is 0 Å². The van der Waals surface area contributed by atoms with E-state index in [0.29, 0.717) is 0 Å². The molecule has 5 heteroatoms. The summed E-state index contributed by atoms with van der Waals surface area (Å²) in [6.07, 6.45) is 19.7. The van der Waals surface area contributed by atoms with Gasteiger partial charge in [-0.2, -0.15) is 0 Å². The summed E-state index contributed by atoms with van der Waals surface area (Å²) in [5, 5.41) is 7.45. The van der Waals surface area contributed by atoms with Gasteiger partial charge in [0.2, 0.25) is 0 Å².